The first-order valence-electron chi connectivity index (χ1n) is 8.76. The maximum absolute atomic E-state index is 12.2. The Kier molecular flexibility index (Phi) is 7.95. The van der Waals surface area contributed by atoms with Crippen LogP contribution in [0, 0.1) is 23.2 Å². The fourth-order valence-corrected chi connectivity index (χ4v) is 3.67. The van der Waals surface area contributed by atoms with E-state index in [1.165, 1.54) is 14.0 Å². The monoisotopic (exact) mass is 382 g/mol. The van der Waals surface area contributed by atoms with E-state index in [9.17, 15) is 24.9 Å². The minimum absolute atomic E-state index is 0.0405. The van der Waals surface area contributed by atoms with E-state index in [0.29, 0.717) is 5.57 Å². The van der Waals surface area contributed by atoms with Gasteiger partial charge in [0.05, 0.1) is 38.3 Å². The molecule has 0 aliphatic heterocycles. The summed E-state index contributed by atoms with van der Waals surface area (Å²) < 4.78 is 10.2. The van der Waals surface area contributed by atoms with Crippen LogP contribution in [-0.2, 0) is 19.1 Å². The molecule has 0 saturated heterocycles. The van der Waals surface area contributed by atoms with Gasteiger partial charge in [0.1, 0.15) is 6.10 Å². The number of esters is 2. The van der Waals surface area contributed by atoms with E-state index in [1.807, 2.05) is 6.92 Å². The molecule has 1 rings (SSSR count). The highest BCUT2D eigenvalue weighted by Gasteiger charge is 2.53. The van der Waals surface area contributed by atoms with Crippen LogP contribution in [0.3, 0.4) is 0 Å². The highest BCUT2D eigenvalue weighted by molar-refractivity contribution is 5.88. The molecular weight excluding hydrogens is 352 g/mol. The highest BCUT2D eigenvalue weighted by Crippen LogP contribution is 2.50. The van der Waals surface area contributed by atoms with E-state index in [0.717, 1.165) is 0 Å². The molecule has 1 saturated carbocycles. The van der Waals surface area contributed by atoms with Crippen LogP contribution in [0.25, 0.3) is 0 Å². The summed E-state index contributed by atoms with van der Waals surface area (Å²) in [5.74, 6) is -3.71. The third kappa shape index (κ3) is 4.66. The summed E-state index contributed by atoms with van der Waals surface area (Å²) in [5, 5.41) is 29.8. The zero-order chi connectivity index (χ0) is 20.9. The molecule has 0 aromatic carbocycles. The van der Waals surface area contributed by atoms with Crippen LogP contribution in [0.15, 0.2) is 37.0 Å². The average Bonchev–Trinajstić information content (AvgIpc) is 2.65. The topological polar surface area (TPSA) is 113 Å². The average molecular weight is 382 g/mol. The third-order valence-corrected chi connectivity index (χ3v) is 5.36. The van der Waals surface area contributed by atoms with E-state index < -0.39 is 47.3 Å². The third-order valence-electron chi connectivity index (χ3n) is 5.36. The lowest BCUT2D eigenvalue weighted by Crippen LogP contribution is -2.54. The van der Waals surface area contributed by atoms with Gasteiger partial charge in [0, 0.05) is 11.5 Å². The predicted molar refractivity (Wildman–Crippen MR) is 99.4 cm³/mol. The molecule has 7 heteroatoms. The van der Waals surface area contributed by atoms with Gasteiger partial charge in [0.25, 0.3) is 0 Å². The number of allylic oxidation sites excluding steroid dienone is 1. The van der Waals surface area contributed by atoms with Gasteiger partial charge in [0.15, 0.2) is 0 Å². The molecule has 0 aromatic heterocycles. The molecule has 0 amide bonds. The SMILES string of the molecule is C=CC1(C)CC(OC(=O)C(C)CO)C(C(=C)C(=O)OC)C(O)C1C(=C)CO. The molecule has 0 aromatic rings. The van der Waals surface area contributed by atoms with E-state index in [-0.39, 0.29) is 25.2 Å². The van der Waals surface area contributed by atoms with Gasteiger partial charge in [0.2, 0.25) is 0 Å². The second-order valence-electron chi connectivity index (χ2n) is 7.30. The fraction of sp³-hybridized carbons (Fsp3) is 0.600. The first-order valence-corrected chi connectivity index (χ1v) is 8.76. The Bertz CT molecular complexity index is 611. The van der Waals surface area contributed by atoms with Crippen molar-refractivity contribution in [3.63, 3.8) is 0 Å². The summed E-state index contributed by atoms with van der Waals surface area (Å²) in [6.07, 6.45) is -0.258. The smallest absolute Gasteiger partial charge is 0.333 e. The Morgan fingerprint density at radius 1 is 1.33 bits per heavy atom. The Morgan fingerprint density at radius 3 is 2.37 bits per heavy atom. The lowest BCUT2D eigenvalue weighted by atomic mass is 9.58. The maximum Gasteiger partial charge on any atom is 0.333 e. The van der Waals surface area contributed by atoms with Gasteiger partial charge in [-0.3, -0.25) is 4.79 Å². The summed E-state index contributed by atoms with van der Waals surface area (Å²) in [6.45, 7) is 13.9. The van der Waals surface area contributed by atoms with Gasteiger partial charge in [-0.25, -0.2) is 4.79 Å². The normalized spacial score (nSPS) is 31.5. The Hall–Kier alpha value is -1.96. The van der Waals surface area contributed by atoms with Crippen molar-refractivity contribution in [2.45, 2.75) is 32.5 Å². The minimum atomic E-state index is -1.21. The molecule has 152 valence electrons. The fourth-order valence-electron chi connectivity index (χ4n) is 3.67. The summed E-state index contributed by atoms with van der Waals surface area (Å²) in [4.78, 5) is 24.3. The molecular formula is C20H30O7. The number of ether oxygens (including phenoxy) is 2. The van der Waals surface area contributed by atoms with Crippen molar-refractivity contribution in [2.24, 2.45) is 23.2 Å². The molecule has 3 N–H and O–H groups in total. The number of hydrogen-bond acceptors (Lipinski definition) is 7. The van der Waals surface area contributed by atoms with Crippen LogP contribution in [0.5, 0.6) is 0 Å². The molecule has 27 heavy (non-hydrogen) atoms. The second kappa shape index (κ2) is 9.30. The van der Waals surface area contributed by atoms with Gasteiger partial charge in [-0.05, 0) is 24.3 Å². The van der Waals surface area contributed by atoms with Gasteiger partial charge in [-0.1, -0.05) is 26.2 Å². The number of carbonyl (C=O) groups is 2. The molecule has 0 bridgehead atoms. The van der Waals surface area contributed by atoms with E-state index in [2.05, 4.69) is 19.7 Å². The van der Waals surface area contributed by atoms with E-state index in [4.69, 9.17) is 9.47 Å². The highest BCUT2D eigenvalue weighted by atomic mass is 16.5. The summed E-state index contributed by atoms with van der Waals surface area (Å²) in [6, 6.07) is 0. The first-order chi connectivity index (χ1) is 12.6. The van der Waals surface area contributed by atoms with Crippen molar-refractivity contribution < 1.29 is 34.4 Å². The summed E-state index contributed by atoms with van der Waals surface area (Å²) >= 11 is 0. The molecule has 0 radical (unpaired) electrons. The number of rotatable bonds is 8. The number of aliphatic hydroxyl groups excluding tert-OH is 3. The summed E-state index contributed by atoms with van der Waals surface area (Å²) in [7, 11) is 1.19. The van der Waals surface area contributed by atoms with Gasteiger partial charge < -0.3 is 24.8 Å². The van der Waals surface area contributed by atoms with Gasteiger partial charge >= 0.3 is 11.9 Å². The van der Waals surface area contributed by atoms with Crippen molar-refractivity contribution >= 4 is 11.9 Å². The molecule has 6 atom stereocenters. The van der Waals surface area contributed by atoms with Crippen LogP contribution in [0.2, 0.25) is 0 Å². The standard InChI is InChI=1S/C20H30O7/c1-7-20(5)8-14(27-18(24)12(3)10-22)15(13(4)19(25)26-6)17(23)16(20)11(2)9-21/h7,12,14-17,21-23H,1-2,4,8-10H2,3,5-6H3. The quantitative estimate of drug-likeness (QED) is 0.326. The number of carbonyl (C=O) groups excluding carboxylic acids is 2. The molecule has 1 fully saturated rings. The predicted octanol–water partition coefficient (Wildman–Crippen LogP) is 0.994. The van der Waals surface area contributed by atoms with Crippen LogP contribution < -0.4 is 0 Å². The molecule has 6 unspecified atom stereocenters. The minimum Gasteiger partial charge on any atom is -0.466 e. The van der Waals surface area contributed by atoms with Crippen molar-refractivity contribution in [3.05, 3.63) is 37.0 Å². The Morgan fingerprint density at radius 2 is 1.93 bits per heavy atom. The molecule has 0 heterocycles. The maximum atomic E-state index is 12.2. The van der Waals surface area contributed by atoms with E-state index in [1.54, 1.807) is 6.08 Å². The van der Waals surface area contributed by atoms with Gasteiger partial charge in [-0.2, -0.15) is 0 Å². The molecule has 7 nitrogen and oxygen atoms in total. The Balaban J connectivity index is 3.38. The van der Waals surface area contributed by atoms with Gasteiger partial charge in [-0.15, -0.1) is 6.58 Å². The number of methoxy groups -OCH3 is 1. The van der Waals surface area contributed by atoms with Crippen molar-refractivity contribution in [2.75, 3.05) is 20.3 Å². The summed E-state index contributed by atoms with van der Waals surface area (Å²) in [5.41, 5.74) is -0.415. The van der Waals surface area contributed by atoms with Crippen molar-refractivity contribution in [3.8, 4) is 0 Å². The molecule has 0 spiro atoms. The number of aliphatic hydroxyl groups is 3. The van der Waals surface area contributed by atoms with E-state index >= 15 is 0 Å². The second-order valence-corrected chi connectivity index (χ2v) is 7.30. The largest absolute Gasteiger partial charge is 0.466 e. The Labute approximate surface area is 160 Å². The zero-order valence-corrected chi connectivity index (χ0v) is 16.2. The lowest BCUT2D eigenvalue weighted by molar-refractivity contribution is -0.170. The molecule has 1 aliphatic carbocycles. The van der Waals surface area contributed by atoms with Crippen molar-refractivity contribution in [1.82, 2.24) is 0 Å². The number of hydrogen-bond donors (Lipinski definition) is 3. The molecule has 1 aliphatic rings. The lowest BCUT2D eigenvalue weighted by Gasteiger charge is -2.50. The van der Waals surface area contributed by atoms with Crippen molar-refractivity contribution in [1.29, 1.82) is 0 Å². The zero-order valence-electron chi connectivity index (χ0n) is 16.2. The first kappa shape index (κ1) is 23.1. The van der Waals surface area contributed by atoms with Crippen LogP contribution >= 0.6 is 0 Å². The van der Waals surface area contributed by atoms with Crippen LogP contribution in [0.4, 0.5) is 0 Å². The van der Waals surface area contributed by atoms with Crippen LogP contribution in [0.1, 0.15) is 20.3 Å². The van der Waals surface area contributed by atoms with Crippen LogP contribution in [-0.4, -0.2) is 59.8 Å².